The van der Waals surface area contributed by atoms with Crippen molar-refractivity contribution in [2.24, 2.45) is 0 Å². The van der Waals surface area contributed by atoms with Gasteiger partial charge in [-0.25, -0.2) is 9.59 Å². The van der Waals surface area contributed by atoms with Gasteiger partial charge in [0.2, 0.25) is 0 Å². The highest BCUT2D eigenvalue weighted by Crippen LogP contribution is 1.88. The molecule has 0 aliphatic heterocycles. The lowest BCUT2D eigenvalue weighted by Gasteiger charge is -2.06. The summed E-state index contributed by atoms with van der Waals surface area (Å²) in [6, 6.07) is 3.09. The van der Waals surface area contributed by atoms with Crippen molar-refractivity contribution in [2.75, 3.05) is 19.8 Å². The van der Waals surface area contributed by atoms with Crippen molar-refractivity contribution in [3.8, 4) is 0 Å². The molecule has 8 nitrogen and oxygen atoms in total. The maximum absolute atomic E-state index is 11.3. The maximum atomic E-state index is 11.3. The second kappa shape index (κ2) is 7.96. The molecule has 2 amide bonds. The zero-order chi connectivity index (χ0) is 13.2. The summed E-state index contributed by atoms with van der Waals surface area (Å²) in [5.41, 5.74) is 0.648. The van der Waals surface area contributed by atoms with Gasteiger partial charge in [0.15, 0.2) is 0 Å². The van der Waals surface area contributed by atoms with Crippen LogP contribution in [0.2, 0.25) is 0 Å². The molecule has 0 saturated heterocycles. The third-order valence-corrected chi connectivity index (χ3v) is 1.82. The Morgan fingerprint density at radius 3 is 2.89 bits per heavy atom. The van der Waals surface area contributed by atoms with Gasteiger partial charge in [-0.15, -0.1) is 0 Å². The van der Waals surface area contributed by atoms with E-state index in [1.54, 1.807) is 18.3 Å². The standard InChI is InChI=1S/C10H14N4O4/c15-9(16)7-18-5-4-11-10(17)12-6-8-2-1-3-13-14-8/h1-3H,4-7H2,(H,15,16)(H2,11,12,17). The van der Waals surface area contributed by atoms with Gasteiger partial charge < -0.3 is 20.5 Å². The van der Waals surface area contributed by atoms with E-state index in [4.69, 9.17) is 9.84 Å². The number of hydrogen-bond acceptors (Lipinski definition) is 5. The molecule has 1 rings (SSSR count). The van der Waals surface area contributed by atoms with E-state index in [2.05, 4.69) is 20.8 Å². The molecule has 1 heterocycles. The molecule has 0 spiro atoms. The minimum atomic E-state index is -1.04. The van der Waals surface area contributed by atoms with E-state index in [0.29, 0.717) is 5.69 Å². The lowest BCUT2D eigenvalue weighted by molar-refractivity contribution is -0.142. The number of rotatable bonds is 7. The summed E-state index contributed by atoms with van der Waals surface area (Å²) in [4.78, 5) is 21.4. The van der Waals surface area contributed by atoms with Gasteiger partial charge in [-0.3, -0.25) is 0 Å². The summed E-state index contributed by atoms with van der Waals surface area (Å²) in [7, 11) is 0. The topological polar surface area (TPSA) is 113 Å². The smallest absolute Gasteiger partial charge is 0.329 e. The highest BCUT2D eigenvalue weighted by atomic mass is 16.5. The fourth-order valence-electron chi connectivity index (χ4n) is 1.06. The Bertz CT molecular complexity index is 385. The van der Waals surface area contributed by atoms with E-state index in [1.807, 2.05) is 0 Å². The van der Waals surface area contributed by atoms with Crippen LogP contribution in [0.15, 0.2) is 18.3 Å². The molecular weight excluding hydrogens is 240 g/mol. The molecule has 1 aromatic heterocycles. The number of carbonyl (C=O) groups excluding carboxylic acids is 1. The highest BCUT2D eigenvalue weighted by Gasteiger charge is 2.01. The summed E-state index contributed by atoms with van der Waals surface area (Å²) in [6.45, 7) is 0.281. The molecule has 0 aliphatic carbocycles. The second-order valence-corrected chi connectivity index (χ2v) is 3.27. The number of aromatic nitrogens is 2. The number of hydrogen-bond donors (Lipinski definition) is 3. The summed E-state index contributed by atoms with van der Waals surface area (Å²) in [5, 5.41) is 20.8. The van der Waals surface area contributed by atoms with Crippen molar-refractivity contribution in [2.45, 2.75) is 6.54 Å². The van der Waals surface area contributed by atoms with Crippen LogP contribution in [0.5, 0.6) is 0 Å². The molecule has 0 bridgehead atoms. The molecule has 8 heteroatoms. The Balaban J connectivity index is 2.06. The van der Waals surface area contributed by atoms with Gasteiger partial charge in [-0.05, 0) is 12.1 Å². The Labute approximate surface area is 103 Å². The number of amides is 2. The zero-order valence-corrected chi connectivity index (χ0v) is 9.63. The van der Waals surface area contributed by atoms with E-state index < -0.39 is 5.97 Å². The first kappa shape index (κ1) is 13.8. The molecule has 0 radical (unpaired) electrons. The molecule has 0 aromatic carbocycles. The Kier molecular flexibility index (Phi) is 6.12. The van der Waals surface area contributed by atoms with Crippen molar-refractivity contribution in [3.63, 3.8) is 0 Å². The predicted molar refractivity (Wildman–Crippen MR) is 60.7 cm³/mol. The van der Waals surface area contributed by atoms with Crippen LogP contribution in [-0.4, -0.2) is 47.1 Å². The fourth-order valence-corrected chi connectivity index (χ4v) is 1.06. The number of urea groups is 1. The summed E-state index contributed by atoms with van der Waals surface area (Å²) >= 11 is 0. The van der Waals surface area contributed by atoms with Gasteiger partial charge in [0.25, 0.3) is 0 Å². The van der Waals surface area contributed by atoms with Crippen LogP contribution in [0.1, 0.15) is 5.69 Å². The lowest BCUT2D eigenvalue weighted by Crippen LogP contribution is -2.37. The van der Waals surface area contributed by atoms with Gasteiger partial charge in [0.1, 0.15) is 6.61 Å². The number of aliphatic carboxylic acids is 1. The van der Waals surface area contributed by atoms with Crippen molar-refractivity contribution in [1.82, 2.24) is 20.8 Å². The second-order valence-electron chi connectivity index (χ2n) is 3.27. The Morgan fingerprint density at radius 1 is 1.39 bits per heavy atom. The largest absolute Gasteiger partial charge is 0.480 e. The first-order chi connectivity index (χ1) is 8.68. The number of carboxylic acid groups (broad SMARTS) is 1. The number of carbonyl (C=O) groups is 2. The van der Waals surface area contributed by atoms with Crippen molar-refractivity contribution >= 4 is 12.0 Å². The normalized spacial score (nSPS) is 9.78. The van der Waals surface area contributed by atoms with Gasteiger partial charge >= 0.3 is 12.0 Å². The van der Waals surface area contributed by atoms with Crippen LogP contribution in [0.25, 0.3) is 0 Å². The van der Waals surface area contributed by atoms with Crippen molar-refractivity contribution in [3.05, 3.63) is 24.0 Å². The van der Waals surface area contributed by atoms with Crippen molar-refractivity contribution < 1.29 is 19.4 Å². The summed E-state index contributed by atoms with van der Waals surface area (Å²) in [6.07, 6.45) is 1.55. The van der Waals surface area contributed by atoms with Crippen LogP contribution < -0.4 is 10.6 Å². The van der Waals surface area contributed by atoms with E-state index in [-0.39, 0.29) is 32.3 Å². The number of ether oxygens (including phenoxy) is 1. The molecule has 18 heavy (non-hydrogen) atoms. The minimum absolute atomic E-state index is 0.144. The first-order valence-corrected chi connectivity index (χ1v) is 5.26. The van der Waals surface area contributed by atoms with Crippen LogP contribution in [0.3, 0.4) is 0 Å². The molecule has 0 atom stereocenters. The third kappa shape index (κ3) is 6.38. The van der Waals surface area contributed by atoms with E-state index >= 15 is 0 Å². The molecule has 0 fully saturated rings. The Hall–Kier alpha value is -2.22. The maximum Gasteiger partial charge on any atom is 0.329 e. The molecular formula is C10H14N4O4. The van der Waals surface area contributed by atoms with Crippen LogP contribution in [-0.2, 0) is 16.1 Å². The quantitative estimate of drug-likeness (QED) is 0.559. The van der Waals surface area contributed by atoms with Crippen LogP contribution in [0.4, 0.5) is 4.79 Å². The molecule has 98 valence electrons. The Morgan fingerprint density at radius 2 is 2.22 bits per heavy atom. The van der Waals surface area contributed by atoms with Gasteiger partial charge in [0.05, 0.1) is 18.8 Å². The minimum Gasteiger partial charge on any atom is -0.480 e. The third-order valence-electron chi connectivity index (χ3n) is 1.82. The summed E-state index contributed by atoms with van der Waals surface area (Å²) in [5.74, 6) is -1.04. The first-order valence-electron chi connectivity index (χ1n) is 5.26. The van der Waals surface area contributed by atoms with Crippen LogP contribution >= 0.6 is 0 Å². The van der Waals surface area contributed by atoms with Crippen LogP contribution in [0, 0.1) is 0 Å². The van der Waals surface area contributed by atoms with E-state index in [9.17, 15) is 9.59 Å². The molecule has 0 aliphatic rings. The average Bonchev–Trinajstić information content (AvgIpc) is 2.37. The number of nitrogens with zero attached hydrogens (tertiary/aromatic N) is 2. The van der Waals surface area contributed by atoms with E-state index in [1.165, 1.54) is 0 Å². The fraction of sp³-hybridized carbons (Fsp3) is 0.400. The predicted octanol–water partition coefficient (Wildman–Crippen LogP) is -0.623. The highest BCUT2D eigenvalue weighted by molar-refractivity contribution is 5.73. The lowest BCUT2D eigenvalue weighted by atomic mass is 10.4. The zero-order valence-electron chi connectivity index (χ0n) is 9.63. The average molecular weight is 254 g/mol. The number of carboxylic acids is 1. The molecule has 1 aromatic rings. The SMILES string of the molecule is O=C(O)COCCNC(=O)NCc1cccnn1. The monoisotopic (exact) mass is 254 g/mol. The molecule has 0 unspecified atom stereocenters. The van der Waals surface area contributed by atoms with Gasteiger partial charge in [-0.1, -0.05) is 0 Å². The molecule has 3 N–H and O–H groups in total. The molecule has 0 saturated carbocycles. The van der Waals surface area contributed by atoms with Gasteiger partial charge in [-0.2, -0.15) is 10.2 Å². The van der Waals surface area contributed by atoms with Crippen molar-refractivity contribution in [1.29, 1.82) is 0 Å². The summed E-state index contributed by atoms with van der Waals surface area (Å²) < 4.78 is 4.74. The van der Waals surface area contributed by atoms with Gasteiger partial charge in [0, 0.05) is 12.7 Å². The number of nitrogens with one attached hydrogen (secondary N) is 2. The van der Waals surface area contributed by atoms with E-state index in [0.717, 1.165) is 0 Å².